The Balaban J connectivity index is 3.35. The number of carbonyl (C=O) groups is 1. The van der Waals surface area contributed by atoms with E-state index in [0.29, 0.717) is 17.4 Å². The summed E-state index contributed by atoms with van der Waals surface area (Å²) in [7, 11) is 1.57. The number of rotatable bonds is 44. The van der Waals surface area contributed by atoms with E-state index in [1.54, 1.807) is 0 Å². The van der Waals surface area contributed by atoms with Crippen molar-refractivity contribution in [3.05, 3.63) is 60.8 Å². The first kappa shape index (κ1) is 57.2. The number of aliphatic hydroxyl groups is 1. The van der Waals surface area contributed by atoms with E-state index in [-0.39, 0.29) is 19.2 Å². The lowest BCUT2D eigenvalue weighted by molar-refractivity contribution is -0.870. The first-order chi connectivity index (χ1) is 28.6. The quantitative estimate of drug-likeness (QED) is 0.0207. The maximum atomic E-state index is 12.0. The van der Waals surface area contributed by atoms with Gasteiger partial charge in [0, 0.05) is 6.42 Å². The Hall–Kier alpha value is -1.80. The van der Waals surface area contributed by atoms with Crippen LogP contribution in [0.2, 0.25) is 0 Å². The number of allylic oxidation sites excluding steroid dienone is 10. The van der Waals surface area contributed by atoms with Crippen molar-refractivity contribution in [2.45, 2.75) is 206 Å². The second-order valence-corrected chi connectivity index (χ2v) is 18.8. The van der Waals surface area contributed by atoms with Gasteiger partial charge in [-0.25, -0.2) is 4.57 Å². The summed E-state index contributed by atoms with van der Waals surface area (Å²) in [6.45, 7) is 2.04. The van der Waals surface area contributed by atoms with E-state index in [1.165, 1.54) is 135 Å². The second-order valence-electron chi connectivity index (χ2n) is 17.3. The number of phosphoric ester groups is 1. The van der Waals surface area contributed by atoms with Crippen molar-refractivity contribution >= 4 is 13.8 Å². The summed E-state index contributed by atoms with van der Waals surface area (Å²) in [6.07, 6.45) is 58.7. The molecular formula is C50H93NO7P+. The lowest BCUT2D eigenvalue weighted by atomic mass is 10.0. The lowest BCUT2D eigenvalue weighted by Crippen LogP contribution is -2.37. The molecular weight excluding hydrogens is 758 g/mol. The van der Waals surface area contributed by atoms with Crippen molar-refractivity contribution in [3.8, 4) is 0 Å². The molecule has 0 aliphatic heterocycles. The van der Waals surface area contributed by atoms with Gasteiger partial charge in [-0.1, -0.05) is 203 Å². The number of unbranched alkanes of at least 4 members (excludes halogenated alkanes) is 23. The number of nitrogens with zero attached hydrogens (tertiary/aromatic N) is 1. The third-order valence-electron chi connectivity index (χ3n) is 10.3. The molecule has 0 amide bonds. The fourth-order valence-electron chi connectivity index (χ4n) is 6.57. The van der Waals surface area contributed by atoms with Crippen LogP contribution in [-0.4, -0.2) is 74.1 Å². The van der Waals surface area contributed by atoms with Gasteiger partial charge in [-0.05, 0) is 51.4 Å². The number of quaternary nitrogens is 1. The predicted octanol–water partition coefficient (Wildman–Crippen LogP) is 14.2. The van der Waals surface area contributed by atoms with Crippen LogP contribution in [0.15, 0.2) is 60.8 Å². The molecule has 0 radical (unpaired) electrons. The molecule has 0 aliphatic carbocycles. The number of likely N-dealkylation sites (N-methyl/N-ethyl adjacent to an activating group) is 1. The molecule has 0 bridgehead atoms. The molecule has 2 unspecified atom stereocenters. The van der Waals surface area contributed by atoms with E-state index in [4.69, 9.17) is 13.8 Å². The van der Waals surface area contributed by atoms with Crippen molar-refractivity contribution in [3.63, 3.8) is 0 Å². The van der Waals surface area contributed by atoms with Gasteiger partial charge < -0.3 is 19.2 Å². The highest BCUT2D eigenvalue weighted by Gasteiger charge is 2.24. The van der Waals surface area contributed by atoms with Crippen LogP contribution in [0.4, 0.5) is 0 Å². The number of hydrogen-bond donors (Lipinski definition) is 2. The molecule has 9 heteroatoms. The summed E-state index contributed by atoms with van der Waals surface area (Å²) in [5.74, 6) is -0.369. The normalized spacial score (nSPS) is 14.2. The van der Waals surface area contributed by atoms with Gasteiger partial charge in [0.1, 0.15) is 25.9 Å². The third-order valence-corrected chi connectivity index (χ3v) is 11.3. The molecule has 0 rings (SSSR count). The maximum absolute atomic E-state index is 12.0. The van der Waals surface area contributed by atoms with Crippen LogP contribution in [0.1, 0.15) is 200 Å². The molecule has 0 saturated heterocycles. The van der Waals surface area contributed by atoms with E-state index in [9.17, 15) is 19.4 Å². The summed E-state index contributed by atoms with van der Waals surface area (Å²) in [4.78, 5) is 21.7. The molecule has 0 saturated carbocycles. The van der Waals surface area contributed by atoms with E-state index in [0.717, 1.165) is 51.4 Å². The Morgan fingerprint density at radius 1 is 0.525 bits per heavy atom. The number of hydrogen-bond acceptors (Lipinski definition) is 6. The van der Waals surface area contributed by atoms with Gasteiger partial charge in [0.15, 0.2) is 0 Å². The summed E-state index contributed by atoms with van der Waals surface area (Å²) in [5.41, 5.74) is 0. The van der Waals surface area contributed by atoms with Crippen molar-refractivity contribution < 1.29 is 37.6 Å². The molecule has 0 aromatic carbocycles. The smallest absolute Gasteiger partial charge is 0.463 e. The van der Waals surface area contributed by atoms with Crippen LogP contribution in [0.5, 0.6) is 0 Å². The summed E-state index contributed by atoms with van der Waals surface area (Å²) >= 11 is 0. The molecule has 0 aromatic heterocycles. The predicted molar refractivity (Wildman–Crippen MR) is 251 cm³/mol. The van der Waals surface area contributed by atoms with Crippen molar-refractivity contribution in [2.75, 3.05) is 47.5 Å². The molecule has 0 heterocycles. The van der Waals surface area contributed by atoms with E-state index in [1.807, 2.05) is 21.1 Å². The molecule has 344 valence electrons. The van der Waals surface area contributed by atoms with Crippen LogP contribution < -0.4 is 0 Å². The van der Waals surface area contributed by atoms with Crippen LogP contribution in [0.3, 0.4) is 0 Å². The van der Waals surface area contributed by atoms with Gasteiger partial charge >= 0.3 is 13.8 Å². The molecule has 2 atom stereocenters. The fraction of sp³-hybridized carbons (Fsp3) is 0.780. The Kier molecular flexibility index (Phi) is 41.6. The summed E-state index contributed by atoms with van der Waals surface area (Å²) in [5, 5.41) is 9.93. The Bertz CT molecular complexity index is 1130. The fourth-order valence-corrected chi connectivity index (χ4v) is 7.32. The Labute approximate surface area is 364 Å². The van der Waals surface area contributed by atoms with E-state index in [2.05, 4.69) is 67.7 Å². The van der Waals surface area contributed by atoms with Gasteiger partial charge in [0.05, 0.1) is 27.7 Å². The van der Waals surface area contributed by atoms with Gasteiger partial charge in [-0.2, -0.15) is 0 Å². The average molecular weight is 851 g/mol. The summed E-state index contributed by atoms with van der Waals surface area (Å²) in [6, 6.07) is 0. The molecule has 0 fully saturated rings. The average Bonchev–Trinajstić information content (AvgIpc) is 3.19. The second kappa shape index (κ2) is 42.9. The lowest BCUT2D eigenvalue weighted by Gasteiger charge is -2.24. The molecule has 59 heavy (non-hydrogen) atoms. The standard InChI is InChI=1S/C50H92NO7P/c1-5-6-7-8-9-10-11-12-13-14-15-16-17-18-19-20-21-22-23-24-25-26-27-28-29-30-31-32-33-34-35-36-37-38-39-40-41-42-43-44-50(53)56-47-49(52)48-58-59(54,55)57-46-45-51(2,3)4/h6-7,9-10,12-13,15-16,18-19,49,52H,5,8,11,14,17,20-48H2,1-4H3/p+1/b7-6-,10-9-,13-12-,16-15-,19-18-. The van der Waals surface area contributed by atoms with Crippen LogP contribution in [-0.2, 0) is 23.1 Å². The molecule has 2 N–H and O–H groups in total. The highest BCUT2D eigenvalue weighted by atomic mass is 31.2. The highest BCUT2D eigenvalue weighted by Crippen LogP contribution is 2.43. The van der Waals surface area contributed by atoms with Crippen molar-refractivity contribution in [1.82, 2.24) is 0 Å². The molecule has 8 nitrogen and oxygen atoms in total. The number of esters is 1. The van der Waals surface area contributed by atoms with E-state index < -0.39 is 20.5 Å². The minimum absolute atomic E-state index is 0.0547. The monoisotopic (exact) mass is 851 g/mol. The molecule has 0 spiro atoms. The Morgan fingerprint density at radius 2 is 0.881 bits per heavy atom. The van der Waals surface area contributed by atoms with Crippen molar-refractivity contribution in [2.24, 2.45) is 0 Å². The van der Waals surface area contributed by atoms with Crippen molar-refractivity contribution in [1.29, 1.82) is 0 Å². The van der Waals surface area contributed by atoms with Crippen LogP contribution in [0, 0.1) is 0 Å². The minimum atomic E-state index is -4.25. The van der Waals surface area contributed by atoms with Gasteiger partial charge in [0.2, 0.25) is 0 Å². The van der Waals surface area contributed by atoms with Crippen LogP contribution >= 0.6 is 7.82 Å². The third kappa shape index (κ3) is 48.7. The first-order valence-corrected chi connectivity index (χ1v) is 25.6. The van der Waals surface area contributed by atoms with Gasteiger partial charge in [-0.15, -0.1) is 0 Å². The molecule has 0 aromatic rings. The number of ether oxygens (including phenoxy) is 1. The number of phosphoric acid groups is 1. The Morgan fingerprint density at radius 3 is 1.27 bits per heavy atom. The maximum Gasteiger partial charge on any atom is 0.472 e. The SMILES string of the molecule is CC/C=C\C/C=C\C/C=C\C/C=C\C/C=C\CCCCCCCCCCCCCCCCCCCCCCCCCC(=O)OCC(O)COP(=O)(O)OCC[N+](C)(C)C. The number of carbonyl (C=O) groups excluding carboxylic acids is 1. The zero-order chi connectivity index (χ0) is 43.4. The zero-order valence-electron chi connectivity index (χ0n) is 38.7. The van der Waals surface area contributed by atoms with Gasteiger partial charge in [-0.3, -0.25) is 13.8 Å². The zero-order valence-corrected chi connectivity index (χ0v) is 39.6. The topological polar surface area (TPSA) is 102 Å². The summed E-state index contributed by atoms with van der Waals surface area (Å²) < 4.78 is 27.3. The van der Waals surface area contributed by atoms with Gasteiger partial charge in [0.25, 0.3) is 0 Å². The number of aliphatic hydroxyl groups excluding tert-OH is 1. The van der Waals surface area contributed by atoms with E-state index >= 15 is 0 Å². The minimum Gasteiger partial charge on any atom is -0.463 e. The molecule has 0 aliphatic rings. The largest absolute Gasteiger partial charge is 0.472 e. The first-order valence-electron chi connectivity index (χ1n) is 24.1. The van der Waals surface area contributed by atoms with Crippen LogP contribution in [0.25, 0.3) is 0 Å². The highest BCUT2D eigenvalue weighted by molar-refractivity contribution is 7.47.